The molecule has 0 aliphatic carbocycles. The third-order valence-corrected chi connectivity index (χ3v) is 2.69. The molecule has 1 aromatic heterocycles. The smallest absolute Gasteiger partial charge is 0.335 e. The maximum atomic E-state index is 11.6. The van der Waals surface area contributed by atoms with Gasteiger partial charge < -0.3 is 10.4 Å². The number of hydrogen-bond donors (Lipinski definition) is 2. The van der Waals surface area contributed by atoms with E-state index in [-0.39, 0.29) is 18.0 Å². The predicted octanol–water partition coefficient (Wildman–Crippen LogP) is 0.335. The molecule has 0 saturated heterocycles. The zero-order valence-electron chi connectivity index (χ0n) is 10.7. The molecule has 20 heavy (non-hydrogen) atoms. The number of amides is 1. The fraction of sp³-hybridized carbons (Fsp3) is 0.231. The second-order valence-electron chi connectivity index (χ2n) is 4.21. The molecule has 0 atom stereocenters. The maximum absolute atomic E-state index is 11.6. The monoisotopic (exact) mass is 274 g/mol. The first-order valence-electron chi connectivity index (χ1n) is 6.08. The van der Waals surface area contributed by atoms with E-state index in [4.69, 9.17) is 5.11 Å². The lowest BCUT2D eigenvalue weighted by atomic mass is 10.1. The summed E-state index contributed by atoms with van der Waals surface area (Å²) in [5.41, 5.74) is 1.11. The lowest BCUT2D eigenvalue weighted by Gasteiger charge is -2.06. The average molecular weight is 274 g/mol. The predicted molar refractivity (Wildman–Crippen MR) is 70.1 cm³/mol. The number of aromatic carboxylic acids is 1. The van der Waals surface area contributed by atoms with E-state index in [0.717, 1.165) is 5.56 Å². The molecule has 0 aliphatic rings. The van der Waals surface area contributed by atoms with Crippen LogP contribution in [0.2, 0.25) is 0 Å². The van der Waals surface area contributed by atoms with Crippen molar-refractivity contribution in [1.82, 2.24) is 20.3 Å². The van der Waals surface area contributed by atoms with Crippen molar-refractivity contribution in [3.8, 4) is 0 Å². The zero-order chi connectivity index (χ0) is 14.4. The number of carboxylic acids is 1. The number of rotatable bonds is 6. The molecule has 104 valence electrons. The number of nitrogens with zero attached hydrogens (tertiary/aromatic N) is 3. The molecule has 2 rings (SSSR count). The van der Waals surface area contributed by atoms with E-state index < -0.39 is 5.97 Å². The summed E-state index contributed by atoms with van der Waals surface area (Å²) in [4.78, 5) is 22.4. The van der Waals surface area contributed by atoms with Crippen LogP contribution in [0.5, 0.6) is 0 Å². The van der Waals surface area contributed by atoms with Crippen LogP contribution in [0.1, 0.15) is 15.9 Å². The third-order valence-electron chi connectivity index (χ3n) is 2.69. The first kappa shape index (κ1) is 13.7. The summed E-state index contributed by atoms with van der Waals surface area (Å²) in [6, 6.07) is 6.66. The molecule has 0 aliphatic heterocycles. The molecule has 0 radical (unpaired) electrons. The van der Waals surface area contributed by atoms with Crippen LogP contribution in [0.4, 0.5) is 0 Å². The van der Waals surface area contributed by atoms with Crippen molar-refractivity contribution in [2.75, 3.05) is 6.54 Å². The van der Waals surface area contributed by atoms with Crippen LogP contribution >= 0.6 is 0 Å². The molecule has 0 spiro atoms. The fourth-order valence-corrected chi connectivity index (χ4v) is 1.73. The number of carbonyl (C=O) groups excluding carboxylic acids is 1. The van der Waals surface area contributed by atoms with Crippen LogP contribution in [-0.2, 0) is 17.8 Å². The second-order valence-corrected chi connectivity index (χ2v) is 4.21. The lowest BCUT2D eigenvalue weighted by Crippen LogP contribution is -2.29. The van der Waals surface area contributed by atoms with E-state index in [0.29, 0.717) is 13.0 Å². The van der Waals surface area contributed by atoms with E-state index in [1.54, 1.807) is 18.3 Å². The Hall–Kier alpha value is -2.70. The first-order chi connectivity index (χ1) is 9.65. The quantitative estimate of drug-likeness (QED) is 0.791. The minimum Gasteiger partial charge on any atom is -0.478 e. The van der Waals surface area contributed by atoms with E-state index in [9.17, 15) is 9.59 Å². The average Bonchev–Trinajstić information content (AvgIpc) is 2.92. The largest absolute Gasteiger partial charge is 0.478 e. The highest BCUT2D eigenvalue weighted by molar-refractivity contribution is 5.87. The fourth-order valence-electron chi connectivity index (χ4n) is 1.73. The van der Waals surface area contributed by atoms with Gasteiger partial charge in [0, 0.05) is 12.7 Å². The van der Waals surface area contributed by atoms with Gasteiger partial charge in [-0.25, -0.2) is 9.48 Å². The number of benzene rings is 1. The molecule has 1 aromatic carbocycles. The highest BCUT2D eigenvalue weighted by Crippen LogP contribution is 2.05. The molecule has 0 fully saturated rings. The molecule has 0 unspecified atom stereocenters. The van der Waals surface area contributed by atoms with Crippen molar-refractivity contribution >= 4 is 11.9 Å². The Morgan fingerprint density at radius 2 is 2.20 bits per heavy atom. The molecule has 1 amide bonds. The number of aromatic nitrogens is 3. The van der Waals surface area contributed by atoms with E-state index in [2.05, 4.69) is 15.6 Å². The summed E-state index contributed by atoms with van der Waals surface area (Å²) in [6.07, 6.45) is 3.69. The Morgan fingerprint density at radius 3 is 2.90 bits per heavy atom. The van der Waals surface area contributed by atoms with Gasteiger partial charge in [0.05, 0.1) is 11.8 Å². The SMILES string of the molecule is O=C(Cn1ccnn1)NCCc1cccc(C(=O)O)c1. The maximum Gasteiger partial charge on any atom is 0.335 e. The Balaban J connectivity index is 1.79. The summed E-state index contributed by atoms with van der Waals surface area (Å²) in [5, 5.41) is 18.9. The molecule has 1 heterocycles. The first-order valence-corrected chi connectivity index (χ1v) is 6.08. The highest BCUT2D eigenvalue weighted by atomic mass is 16.4. The van der Waals surface area contributed by atoms with Crippen molar-refractivity contribution in [2.45, 2.75) is 13.0 Å². The van der Waals surface area contributed by atoms with Gasteiger partial charge in [-0.05, 0) is 24.1 Å². The van der Waals surface area contributed by atoms with E-state index in [1.807, 2.05) is 6.07 Å². The third kappa shape index (κ3) is 3.91. The minimum absolute atomic E-state index is 0.120. The van der Waals surface area contributed by atoms with Crippen LogP contribution in [0, 0.1) is 0 Å². The van der Waals surface area contributed by atoms with Gasteiger partial charge in [-0.15, -0.1) is 5.10 Å². The minimum atomic E-state index is -0.956. The summed E-state index contributed by atoms with van der Waals surface area (Å²) in [6.45, 7) is 0.561. The van der Waals surface area contributed by atoms with Gasteiger partial charge in [0.2, 0.25) is 5.91 Å². The molecule has 0 bridgehead atoms. The molecule has 7 heteroatoms. The van der Waals surface area contributed by atoms with Gasteiger partial charge in [0.1, 0.15) is 6.54 Å². The van der Waals surface area contributed by atoms with Crippen LogP contribution in [-0.4, -0.2) is 38.5 Å². The number of carboxylic acid groups (broad SMARTS) is 1. The number of carbonyl (C=O) groups is 2. The highest BCUT2D eigenvalue weighted by Gasteiger charge is 2.05. The Bertz CT molecular complexity index is 595. The Labute approximate surface area is 115 Å². The van der Waals surface area contributed by atoms with Crippen LogP contribution < -0.4 is 5.32 Å². The van der Waals surface area contributed by atoms with Gasteiger partial charge in [-0.3, -0.25) is 4.79 Å². The second kappa shape index (κ2) is 6.46. The van der Waals surface area contributed by atoms with Gasteiger partial charge in [-0.1, -0.05) is 17.3 Å². The Kier molecular flexibility index (Phi) is 4.43. The normalized spacial score (nSPS) is 10.2. The van der Waals surface area contributed by atoms with Gasteiger partial charge in [-0.2, -0.15) is 0 Å². The molecule has 2 aromatic rings. The van der Waals surface area contributed by atoms with Crippen LogP contribution in [0.15, 0.2) is 36.7 Å². The van der Waals surface area contributed by atoms with Crippen molar-refractivity contribution in [3.05, 3.63) is 47.8 Å². The number of hydrogen-bond acceptors (Lipinski definition) is 4. The summed E-state index contributed by atoms with van der Waals surface area (Å²) >= 11 is 0. The number of nitrogens with one attached hydrogen (secondary N) is 1. The standard InChI is InChI=1S/C13H14N4O3/c18-12(9-17-7-6-15-16-17)14-5-4-10-2-1-3-11(8-10)13(19)20/h1-3,6-8H,4-5,9H2,(H,14,18)(H,19,20). The Morgan fingerprint density at radius 1 is 1.35 bits per heavy atom. The molecule has 0 saturated carbocycles. The molecule has 7 nitrogen and oxygen atoms in total. The molecule has 2 N–H and O–H groups in total. The lowest BCUT2D eigenvalue weighted by molar-refractivity contribution is -0.121. The topological polar surface area (TPSA) is 97.1 Å². The van der Waals surface area contributed by atoms with Gasteiger partial charge >= 0.3 is 5.97 Å². The van der Waals surface area contributed by atoms with E-state index >= 15 is 0 Å². The van der Waals surface area contributed by atoms with Crippen LogP contribution in [0.25, 0.3) is 0 Å². The summed E-state index contributed by atoms with van der Waals surface area (Å²) in [7, 11) is 0. The molecular formula is C13H14N4O3. The van der Waals surface area contributed by atoms with Crippen molar-refractivity contribution < 1.29 is 14.7 Å². The van der Waals surface area contributed by atoms with Crippen LogP contribution in [0.3, 0.4) is 0 Å². The zero-order valence-corrected chi connectivity index (χ0v) is 10.7. The van der Waals surface area contributed by atoms with Crippen molar-refractivity contribution in [2.24, 2.45) is 0 Å². The van der Waals surface area contributed by atoms with Crippen molar-refractivity contribution in [1.29, 1.82) is 0 Å². The van der Waals surface area contributed by atoms with Gasteiger partial charge in [0.15, 0.2) is 0 Å². The molecular weight excluding hydrogens is 260 g/mol. The van der Waals surface area contributed by atoms with Gasteiger partial charge in [0.25, 0.3) is 0 Å². The summed E-state index contributed by atoms with van der Waals surface area (Å²) < 4.78 is 1.43. The van der Waals surface area contributed by atoms with Crippen molar-refractivity contribution in [3.63, 3.8) is 0 Å². The summed E-state index contributed by atoms with van der Waals surface area (Å²) in [5.74, 6) is -1.12. The van der Waals surface area contributed by atoms with E-state index in [1.165, 1.54) is 16.9 Å².